The molecule has 0 fully saturated rings. The molecule has 17 heavy (non-hydrogen) atoms. The van der Waals surface area contributed by atoms with Crippen molar-refractivity contribution in [3.63, 3.8) is 0 Å². The van der Waals surface area contributed by atoms with Crippen LogP contribution in [-0.4, -0.2) is 25.8 Å². The summed E-state index contributed by atoms with van der Waals surface area (Å²) in [7, 11) is 0. The maximum absolute atomic E-state index is 12.9. The number of nitrogens with two attached hydrogens (primary N) is 1. The molecule has 1 amide bonds. The van der Waals surface area contributed by atoms with Gasteiger partial charge in [0.15, 0.2) is 0 Å². The summed E-state index contributed by atoms with van der Waals surface area (Å²) >= 11 is 5.64. The summed E-state index contributed by atoms with van der Waals surface area (Å²) in [5.74, 6) is -0.418. The number of halogens is 2. The summed E-state index contributed by atoms with van der Waals surface area (Å²) < 4.78 is 17.4. The fraction of sp³-hybridized carbons (Fsp3) is 0.364. The van der Waals surface area contributed by atoms with E-state index in [2.05, 4.69) is 10.1 Å². The molecule has 6 heteroatoms. The third-order valence-corrected chi connectivity index (χ3v) is 2.39. The Morgan fingerprint density at radius 2 is 2.24 bits per heavy atom. The van der Waals surface area contributed by atoms with Gasteiger partial charge in [-0.05, 0) is 30.7 Å². The van der Waals surface area contributed by atoms with Crippen LogP contribution < -0.4 is 11.1 Å². The van der Waals surface area contributed by atoms with Gasteiger partial charge in [-0.1, -0.05) is 17.7 Å². The number of carbonyl (C=O) groups is 1. The molecule has 4 nitrogen and oxygen atoms in total. The molecule has 0 heterocycles. The topological polar surface area (TPSA) is 64.4 Å². The summed E-state index contributed by atoms with van der Waals surface area (Å²) in [5, 5.41) is 3.18. The molecule has 1 rings (SSSR count). The van der Waals surface area contributed by atoms with Gasteiger partial charge in [0.05, 0.1) is 5.02 Å². The first kappa shape index (κ1) is 13.7. The van der Waals surface area contributed by atoms with Gasteiger partial charge in [-0.25, -0.2) is 9.18 Å². The number of nitrogens with one attached hydrogen (secondary N) is 1. The van der Waals surface area contributed by atoms with E-state index in [9.17, 15) is 9.18 Å². The lowest BCUT2D eigenvalue weighted by Gasteiger charge is -2.05. The van der Waals surface area contributed by atoms with Gasteiger partial charge in [0.1, 0.15) is 12.4 Å². The number of carbonyl (C=O) groups excluding carboxylic acids is 1. The Kier molecular flexibility index (Phi) is 5.72. The zero-order valence-corrected chi connectivity index (χ0v) is 9.97. The van der Waals surface area contributed by atoms with Crippen LogP contribution in [0.15, 0.2) is 18.2 Å². The monoisotopic (exact) mass is 260 g/mol. The van der Waals surface area contributed by atoms with E-state index in [4.69, 9.17) is 17.3 Å². The molecule has 1 aromatic rings. The second-order valence-electron chi connectivity index (χ2n) is 3.42. The number of ether oxygens (including phenoxy) is 1. The van der Waals surface area contributed by atoms with Crippen molar-refractivity contribution in [2.75, 3.05) is 19.7 Å². The molecule has 0 bridgehead atoms. The normalized spacial score (nSPS) is 10.2. The largest absolute Gasteiger partial charge is 0.448 e. The van der Waals surface area contributed by atoms with E-state index in [1.165, 1.54) is 6.07 Å². The first-order valence-electron chi connectivity index (χ1n) is 5.16. The second kappa shape index (κ2) is 7.09. The molecule has 0 saturated heterocycles. The molecule has 0 radical (unpaired) electrons. The number of rotatable bonds is 6. The van der Waals surface area contributed by atoms with Crippen molar-refractivity contribution in [1.82, 2.24) is 5.32 Å². The van der Waals surface area contributed by atoms with Crippen LogP contribution in [0.4, 0.5) is 9.18 Å². The molecule has 0 atom stereocenters. The zero-order valence-electron chi connectivity index (χ0n) is 9.21. The summed E-state index contributed by atoms with van der Waals surface area (Å²) in [6.45, 7) is 1.45. The van der Waals surface area contributed by atoms with Crippen LogP contribution >= 0.6 is 11.6 Å². The van der Waals surface area contributed by atoms with E-state index in [0.29, 0.717) is 13.1 Å². The highest BCUT2D eigenvalue weighted by Gasteiger charge is 2.00. The fourth-order valence-corrected chi connectivity index (χ4v) is 1.48. The first-order chi connectivity index (χ1) is 8.09. The maximum atomic E-state index is 12.9. The molecule has 94 valence electrons. The number of benzene rings is 1. The molecule has 0 unspecified atom stereocenters. The van der Waals surface area contributed by atoms with E-state index in [1.807, 2.05) is 0 Å². The number of hydrogen-bond acceptors (Lipinski definition) is 3. The molecule has 0 spiro atoms. The Morgan fingerprint density at radius 1 is 1.47 bits per heavy atom. The first-order valence-corrected chi connectivity index (χ1v) is 5.54. The van der Waals surface area contributed by atoms with Crippen molar-refractivity contribution < 1.29 is 13.9 Å². The van der Waals surface area contributed by atoms with E-state index in [-0.39, 0.29) is 11.6 Å². The Balaban J connectivity index is 2.18. The highest BCUT2D eigenvalue weighted by molar-refractivity contribution is 6.30. The Hall–Kier alpha value is -1.33. The highest BCUT2D eigenvalue weighted by atomic mass is 35.5. The van der Waals surface area contributed by atoms with Crippen LogP contribution in [0.1, 0.15) is 5.56 Å². The van der Waals surface area contributed by atoms with Crippen molar-refractivity contribution in [3.8, 4) is 0 Å². The van der Waals surface area contributed by atoms with Gasteiger partial charge in [0, 0.05) is 6.54 Å². The molecule has 0 saturated carbocycles. The predicted octanol–water partition coefficient (Wildman–Crippen LogP) is 1.71. The number of hydrogen-bond donors (Lipinski definition) is 2. The van der Waals surface area contributed by atoms with Crippen LogP contribution in [0, 0.1) is 5.82 Å². The Morgan fingerprint density at radius 3 is 2.88 bits per heavy atom. The van der Waals surface area contributed by atoms with E-state index in [0.717, 1.165) is 12.0 Å². The van der Waals surface area contributed by atoms with Gasteiger partial charge in [-0.2, -0.15) is 0 Å². The van der Waals surface area contributed by atoms with Crippen molar-refractivity contribution in [1.29, 1.82) is 0 Å². The SMILES string of the molecule is NC(=O)OCCNCCc1ccc(F)c(Cl)c1. The van der Waals surface area contributed by atoms with Crippen LogP contribution in [0.2, 0.25) is 5.02 Å². The molecule has 3 N–H and O–H groups in total. The van der Waals surface area contributed by atoms with Crippen molar-refractivity contribution in [3.05, 3.63) is 34.6 Å². The average molecular weight is 261 g/mol. The quantitative estimate of drug-likeness (QED) is 0.766. The Labute approximate surface area is 104 Å². The highest BCUT2D eigenvalue weighted by Crippen LogP contribution is 2.15. The molecule has 1 aromatic carbocycles. The van der Waals surface area contributed by atoms with E-state index in [1.54, 1.807) is 12.1 Å². The Bertz CT molecular complexity index is 388. The van der Waals surface area contributed by atoms with Crippen molar-refractivity contribution in [2.24, 2.45) is 5.73 Å². The summed E-state index contributed by atoms with van der Waals surface area (Å²) in [6.07, 6.45) is -0.0616. The summed E-state index contributed by atoms with van der Waals surface area (Å²) in [6, 6.07) is 4.62. The van der Waals surface area contributed by atoms with Gasteiger partial charge in [-0.3, -0.25) is 0 Å². The predicted molar refractivity (Wildman–Crippen MR) is 63.5 cm³/mol. The van der Waals surface area contributed by atoms with E-state index < -0.39 is 11.9 Å². The second-order valence-corrected chi connectivity index (χ2v) is 3.82. The average Bonchev–Trinajstić information content (AvgIpc) is 2.27. The molecule has 0 aliphatic heterocycles. The lowest BCUT2D eigenvalue weighted by molar-refractivity contribution is 0.157. The van der Waals surface area contributed by atoms with Crippen LogP contribution in [0.5, 0.6) is 0 Å². The van der Waals surface area contributed by atoms with Gasteiger partial charge in [-0.15, -0.1) is 0 Å². The van der Waals surface area contributed by atoms with Crippen LogP contribution in [0.3, 0.4) is 0 Å². The van der Waals surface area contributed by atoms with E-state index >= 15 is 0 Å². The summed E-state index contributed by atoms with van der Waals surface area (Å²) in [4.78, 5) is 10.2. The maximum Gasteiger partial charge on any atom is 0.404 e. The van der Waals surface area contributed by atoms with Gasteiger partial charge in [0.25, 0.3) is 0 Å². The van der Waals surface area contributed by atoms with Gasteiger partial charge in [0.2, 0.25) is 0 Å². The lowest BCUT2D eigenvalue weighted by atomic mass is 10.1. The summed E-state index contributed by atoms with van der Waals surface area (Å²) in [5.41, 5.74) is 5.73. The third-order valence-electron chi connectivity index (χ3n) is 2.10. The zero-order chi connectivity index (χ0) is 12.7. The minimum Gasteiger partial charge on any atom is -0.448 e. The molecular weight excluding hydrogens is 247 g/mol. The van der Waals surface area contributed by atoms with Crippen LogP contribution in [-0.2, 0) is 11.2 Å². The minimum absolute atomic E-state index is 0.125. The van der Waals surface area contributed by atoms with Crippen molar-refractivity contribution in [2.45, 2.75) is 6.42 Å². The lowest BCUT2D eigenvalue weighted by Crippen LogP contribution is -2.25. The third kappa shape index (κ3) is 5.51. The molecule has 0 aliphatic carbocycles. The minimum atomic E-state index is -0.780. The molecular formula is C11H14ClFN2O2. The van der Waals surface area contributed by atoms with Gasteiger partial charge >= 0.3 is 6.09 Å². The molecule has 0 aliphatic rings. The standard InChI is InChI=1S/C11H14ClFN2O2/c12-9-7-8(1-2-10(9)13)3-4-15-5-6-17-11(14)16/h1-2,7,15H,3-6H2,(H2,14,16). The van der Waals surface area contributed by atoms with Crippen molar-refractivity contribution >= 4 is 17.7 Å². The number of amides is 1. The smallest absolute Gasteiger partial charge is 0.404 e. The molecule has 0 aromatic heterocycles. The fourth-order valence-electron chi connectivity index (χ4n) is 1.28. The van der Waals surface area contributed by atoms with Gasteiger partial charge < -0.3 is 15.8 Å². The number of primary amides is 1. The van der Waals surface area contributed by atoms with Crippen LogP contribution in [0.25, 0.3) is 0 Å².